The molecular formula is C26H44O7. The van der Waals surface area contributed by atoms with Crippen molar-refractivity contribution in [2.45, 2.75) is 123 Å². The van der Waals surface area contributed by atoms with Crippen LogP contribution in [0, 0.1) is 11.8 Å². The zero-order valence-corrected chi connectivity index (χ0v) is 20.9. The number of esters is 2. The van der Waals surface area contributed by atoms with Gasteiger partial charge in [0.2, 0.25) is 0 Å². The first-order chi connectivity index (χ1) is 15.8. The van der Waals surface area contributed by atoms with Gasteiger partial charge in [-0.15, -0.1) is 0 Å². The summed E-state index contributed by atoms with van der Waals surface area (Å²) in [4.78, 5) is 34.4. The molecule has 1 rings (SSSR count). The van der Waals surface area contributed by atoms with Gasteiger partial charge in [-0.05, 0) is 52.4 Å². The minimum atomic E-state index is -0.373. The molecule has 0 radical (unpaired) electrons. The highest BCUT2D eigenvalue weighted by molar-refractivity contribution is 5.69. The fraction of sp³-hybridized carbons (Fsp3) is 0.808. The highest BCUT2D eigenvalue weighted by Gasteiger charge is 2.45. The van der Waals surface area contributed by atoms with Crippen LogP contribution in [0.2, 0.25) is 0 Å². The van der Waals surface area contributed by atoms with Gasteiger partial charge in [0.25, 0.3) is 6.47 Å². The van der Waals surface area contributed by atoms with E-state index in [2.05, 4.69) is 13.0 Å². The van der Waals surface area contributed by atoms with E-state index in [0.29, 0.717) is 45.0 Å². The Balaban J connectivity index is 2.68. The Hall–Kier alpha value is -1.89. The summed E-state index contributed by atoms with van der Waals surface area (Å²) in [6.45, 7) is 7.66. The van der Waals surface area contributed by atoms with Crippen molar-refractivity contribution < 1.29 is 33.7 Å². The first-order valence-corrected chi connectivity index (χ1v) is 12.6. The lowest BCUT2D eigenvalue weighted by Gasteiger charge is -2.26. The largest absolute Gasteiger partial charge is 0.464 e. The van der Waals surface area contributed by atoms with Crippen molar-refractivity contribution in [2.24, 2.45) is 11.8 Å². The lowest BCUT2D eigenvalue weighted by molar-refractivity contribution is -0.149. The fourth-order valence-corrected chi connectivity index (χ4v) is 4.65. The Labute approximate surface area is 199 Å². The molecule has 0 spiro atoms. The van der Waals surface area contributed by atoms with Gasteiger partial charge in [0.1, 0.15) is 12.2 Å². The van der Waals surface area contributed by atoms with E-state index >= 15 is 0 Å². The zero-order chi connectivity index (χ0) is 24.6. The molecule has 7 nitrogen and oxygen atoms in total. The molecule has 1 fully saturated rings. The Kier molecular flexibility index (Phi) is 14.7. The van der Waals surface area contributed by atoms with Gasteiger partial charge in [-0.1, -0.05) is 38.3 Å². The van der Waals surface area contributed by atoms with Gasteiger partial charge in [0.15, 0.2) is 0 Å². The van der Waals surface area contributed by atoms with Crippen LogP contribution in [0.25, 0.3) is 0 Å². The minimum Gasteiger partial charge on any atom is -0.464 e. The second-order valence-electron chi connectivity index (χ2n) is 9.35. The summed E-state index contributed by atoms with van der Waals surface area (Å²) in [6, 6.07) is 0. The average molecular weight is 469 g/mol. The van der Waals surface area contributed by atoms with Crippen molar-refractivity contribution in [3.63, 3.8) is 0 Å². The van der Waals surface area contributed by atoms with Crippen molar-refractivity contribution in [1.29, 1.82) is 0 Å². The van der Waals surface area contributed by atoms with Crippen molar-refractivity contribution in [3.8, 4) is 0 Å². The van der Waals surface area contributed by atoms with Crippen LogP contribution in [0.5, 0.6) is 0 Å². The topological polar surface area (TPSA) is 99.1 Å². The summed E-state index contributed by atoms with van der Waals surface area (Å²) < 4.78 is 16.1. The molecule has 0 heterocycles. The number of allylic oxidation sites excluding steroid dienone is 2. The van der Waals surface area contributed by atoms with Gasteiger partial charge >= 0.3 is 11.9 Å². The van der Waals surface area contributed by atoms with Crippen molar-refractivity contribution in [1.82, 2.24) is 0 Å². The number of ether oxygens (including phenoxy) is 3. The number of aliphatic hydroxyl groups excluding tert-OH is 1. The Morgan fingerprint density at radius 2 is 1.82 bits per heavy atom. The smallest absolute Gasteiger partial charge is 0.306 e. The fourth-order valence-electron chi connectivity index (χ4n) is 4.65. The van der Waals surface area contributed by atoms with E-state index in [4.69, 9.17) is 14.2 Å². The Morgan fingerprint density at radius 1 is 1.06 bits per heavy atom. The maximum Gasteiger partial charge on any atom is 0.306 e. The molecule has 0 bridgehead atoms. The molecule has 0 aromatic carbocycles. The number of aliphatic hydroxyl groups is 1. The summed E-state index contributed by atoms with van der Waals surface area (Å²) in [5, 5.41) is 10.4. The molecule has 190 valence electrons. The SMILES string of the molecule is CCCCC[C@H](O)CC[C@@H]1[C@@H](C/C=C\CCCC(=O)OC(C)C)[C@@H](OC=O)C[C@H]1OC(C)=O. The minimum absolute atomic E-state index is 0.0181. The first kappa shape index (κ1) is 29.1. The maximum atomic E-state index is 11.6. The van der Waals surface area contributed by atoms with E-state index in [1.54, 1.807) is 0 Å². The molecule has 0 unspecified atom stereocenters. The van der Waals surface area contributed by atoms with E-state index in [-0.39, 0.29) is 48.2 Å². The molecule has 0 aliphatic heterocycles. The van der Waals surface area contributed by atoms with Crippen LogP contribution in [-0.4, -0.2) is 47.9 Å². The van der Waals surface area contributed by atoms with Crippen molar-refractivity contribution >= 4 is 18.4 Å². The van der Waals surface area contributed by atoms with Crippen LogP contribution < -0.4 is 0 Å². The number of carbonyl (C=O) groups excluding carboxylic acids is 3. The molecule has 33 heavy (non-hydrogen) atoms. The van der Waals surface area contributed by atoms with E-state index < -0.39 is 0 Å². The van der Waals surface area contributed by atoms with E-state index in [0.717, 1.165) is 32.1 Å². The third-order valence-electron chi connectivity index (χ3n) is 6.19. The molecule has 0 aromatic heterocycles. The summed E-state index contributed by atoms with van der Waals surface area (Å²) in [5.74, 6) is -0.492. The second kappa shape index (κ2) is 16.7. The second-order valence-corrected chi connectivity index (χ2v) is 9.35. The summed E-state index contributed by atoms with van der Waals surface area (Å²) in [7, 11) is 0. The molecule has 5 atom stereocenters. The predicted octanol–water partition coefficient (Wildman–Crippen LogP) is 4.89. The molecule has 1 aliphatic rings. The van der Waals surface area contributed by atoms with Crippen LogP contribution in [0.3, 0.4) is 0 Å². The molecular weight excluding hydrogens is 424 g/mol. The van der Waals surface area contributed by atoms with Crippen LogP contribution in [0.1, 0.15) is 98.3 Å². The van der Waals surface area contributed by atoms with Crippen molar-refractivity contribution in [3.05, 3.63) is 12.2 Å². The third-order valence-corrected chi connectivity index (χ3v) is 6.19. The highest BCUT2D eigenvalue weighted by atomic mass is 16.6. The molecule has 1 saturated carbocycles. The highest BCUT2D eigenvalue weighted by Crippen LogP contribution is 2.41. The monoisotopic (exact) mass is 468 g/mol. The Morgan fingerprint density at radius 3 is 2.45 bits per heavy atom. The zero-order valence-electron chi connectivity index (χ0n) is 20.9. The van der Waals surface area contributed by atoms with Crippen LogP contribution in [0.4, 0.5) is 0 Å². The predicted molar refractivity (Wildman–Crippen MR) is 126 cm³/mol. The molecule has 0 saturated heterocycles. The Bertz CT molecular complexity index is 601. The molecule has 7 heteroatoms. The van der Waals surface area contributed by atoms with E-state index in [9.17, 15) is 19.5 Å². The lowest BCUT2D eigenvalue weighted by atomic mass is 9.85. The number of carbonyl (C=O) groups is 3. The van der Waals surface area contributed by atoms with Gasteiger partial charge in [-0.25, -0.2) is 0 Å². The van der Waals surface area contributed by atoms with Gasteiger partial charge in [0, 0.05) is 31.6 Å². The third kappa shape index (κ3) is 12.2. The summed E-state index contributed by atoms with van der Waals surface area (Å²) in [6.07, 6.45) is 11.3. The molecule has 0 aromatic rings. The summed E-state index contributed by atoms with van der Waals surface area (Å²) >= 11 is 0. The first-order valence-electron chi connectivity index (χ1n) is 12.6. The number of hydrogen-bond acceptors (Lipinski definition) is 7. The van der Waals surface area contributed by atoms with Gasteiger partial charge in [-0.2, -0.15) is 0 Å². The van der Waals surface area contributed by atoms with Crippen molar-refractivity contribution in [2.75, 3.05) is 0 Å². The van der Waals surface area contributed by atoms with Crippen LogP contribution in [-0.2, 0) is 28.6 Å². The van der Waals surface area contributed by atoms with Gasteiger partial charge < -0.3 is 19.3 Å². The van der Waals surface area contributed by atoms with E-state index in [1.807, 2.05) is 19.9 Å². The number of rotatable bonds is 17. The summed E-state index contributed by atoms with van der Waals surface area (Å²) in [5.41, 5.74) is 0. The molecule has 0 amide bonds. The standard InChI is InChI=1S/C26H44O7/c1-5-6-9-12-21(29)15-16-23-22(24(31-18-27)17-25(23)33-20(4)28)13-10-7-8-11-14-26(30)32-19(2)3/h7,10,18-19,21-25,29H,5-6,8-9,11-17H2,1-4H3/b10-7-/t21-,22+,23+,24-,25+/m0/s1. The molecule has 1 N–H and O–H groups in total. The maximum absolute atomic E-state index is 11.6. The lowest BCUT2D eigenvalue weighted by Crippen LogP contribution is -2.27. The number of hydrogen-bond donors (Lipinski definition) is 1. The van der Waals surface area contributed by atoms with E-state index in [1.165, 1.54) is 6.92 Å². The van der Waals surface area contributed by atoms with Gasteiger partial charge in [-0.3, -0.25) is 14.4 Å². The average Bonchev–Trinajstić information content (AvgIpc) is 3.04. The molecule has 1 aliphatic carbocycles. The van der Waals surface area contributed by atoms with Crippen LogP contribution >= 0.6 is 0 Å². The normalized spacial score (nSPS) is 23.6. The quantitative estimate of drug-likeness (QED) is 0.107. The van der Waals surface area contributed by atoms with Crippen LogP contribution in [0.15, 0.2) is 12.2 Å². The van der Waals surface area contributed by atoms with Gasteiger partial charge in [0.05, 0.1) is 12.2 Å². The number of unbranched alkanes of at least 4 members (excludes halogenated alkanes) is 3.